The second-order valence-corrected chi connectivity index (χ2v) is 8.32. The van der Waals surface area contributed by atoms with E-state index in [4.69, 9.17) is 4.74 Å². The number of benzene rings is 1. The SMILES string of the molecule is COc1cccc(C(=O)N2CCN(C(=O)c3ncn(-c4cccc(F)c4)n3)C3(CCC3)C2)n1. The Bertz CT molecular complexity index is 1210. The maximum Gasteiger partial charge on any atom is 0.294 e. The highest BCUT2D eigenvalue weighted by Crippen LogP contribution is 2.41. The molecule has 2 fully saturated rings. The normalized spacial score (nSPS) is 17.0. The van der Waals surface area contributed by atoms with Crippen molar-refractivity contribution in [3.63, 3.8) is 0 Å². The summed E-state index contributed by atoms with van der Waals surface area (Å²) in [4.78, 5) is 38.4. The summed E-state index contributed by atoms with van der Waals surface area (Å²) in [6.45, 7) is 1.19. The molecular formula is C23H23FN6O3. The van der Waals surface area contributed by atoms with Crippen molar-refractivity contribution in [3.8, 4) is 11.6 Å². The predicted molar refractivity (Wildman–Crippen MR) is 116 cm³/mol. The van der Waals surface area contributed by atoms with Crippen molar-refractivity contribution in [1.82, 2.24) is 29.5 Å². The molecule has 1 aliphatic heterocycles. The minimum Gasteiger partial charge on any atom is -0.481 e. The first-order valence-electron chi connectivity index (χ1n) is 10.8. The quantitative estimate of drug-likeness (QED) is 0.606. The summed E-state index contributed by atoms with van der Waals surface area (Å²) in [5.74, 6) is -0.416. The molecule has 1 saturated heterocycles. The zero-order valence-electron chi connectivity index (χ0n) is 18.1. The largest absolute Gasteiger partial charge is 0.481 e. The second-order valence-electron chi connectivity index (χ2n) is 8.32. The topological polar surface area (TPSA) is 93.5 Å². The first-order valence-corrected chi connectivity index (χ1v) is 10.8. The minimum absolute atomic E-state index is 0.0553. The molecule has 2 aromatic heterocycles. The van der Waals surface area contributed by atoms with Gasteiger partial charge in [0, 0.05) is 25.7 Å². The van der Waals surface area contributed by atoms with Crippen molar-refractivity contribution in [2.45, 2.75) is 24.8 Å². The number of ether oxygens (including phenoxy) is 1. The third kappa shape index (κ3) is 3.81. The van der Waals surface area contributed by atoms with Crippen LogP contribution < -0.4 is 4.74 Å². The zero-order valence-corrected chi connectivity index (χ0v) is 18.1. The number of pyridine rings is 1. The van der Waals surface area contributed by atoms with Gasteiger partial charge in [0.15, 0.2) is 0 Å². The molecule has 1 spiro atoms. The van der Waals surface area contributed by atoms with E-state index in [0.29, 0.717) is 36.9 Å². The van der Waals surface area contributed by atoms with Crippen molar-refractivity contribution < 1.29 is 18.7 Å². The molecule has 0 atom stereocenters. The predicted octanol–water partition coefficient (Wildman–Crippen LogP) is 2.33. The zero-order chi connectivity index (χ0) is 23.0. The number of hydrogen-bond acceptors (Lipinski definition) is 6. The monoisotopic (exact) mass is 450 g/mol. The Hall–Kier alpha value is -3.82. The fraction of sp³-hybridized carbons (Fsp3) is 0.348. The van der Waals surface area contributed by atoms with Crippen LogP contribution in [0.4, 0.5) is 4.39 Å². The fourth-order valence-corrected chi connectivity index (χ4v) is 4.52. The van der Waals surface area contributed by atoms with Crippen LogP contribution in [-0.4, -0.2) is 73.6 Å². The Morgan fingerprint density at radius 1 is 1.09 bits per heavy atom. The second kappa shape index (κ2) is 8.27. The number of hydrogen-bond donors (Lipinski definition) is 0. The van der Waals surface area contributed by atoms with E-state index in [1.54, 1.807) is 40.1 Å². The summed E-state index contributed by atoms with van der Waals surface area (Å²) in [6.07, 6.45) is 4.00. The molecule has 0 unspecified atom stereocenters. The van der Waals surface area contributed by atoms with Crippen LogP contribution in [0, 0.1) is 5.82 Å². The number of methoxy groups -OCH3 is 1. The standard InChI is InChI=1S/C23H23FN6O3/c1-33-19-8-3-7-18(26-19)21(31)28-11-12-29(23(14-28)9-4-10-23)22(32)20-25-15-30(27-20)17-6-2-5-16(24)13-17/h2-3,5-8,13,15H,4,9-12,14H2,1H3. The number of halogens is 1. The lowest BCUT2D eigenvalue weighted by Gasteiger charge is -2.55. The molecule has 170 valence electrons. The van der Waals surface area contributed by atoms with Gasteiger partial charge in [-0.05, 0) is 43.5 Å². The Morgan fingerprint density at radius 2 is 1.91 bits per heavy atom. The average Bonchev–Trinajstić information content (AvgIpc) is 3.32. The van der Waals surface area contributed by atoms with Crippen molar-refractivity contribution >= 4 is 11.8 Å². The highest BCUT2D eigenvalue weighted by atomic mass is 19.1. The Kier molecular flexibility index (Phi) is 5.27. The molecule has 0 radical (unpaired) electrons. The van der Waals surface area contributed by atoms with E-state index >= 15 is 0 Å². The Morgan fingerprint density at radius 3 is 2.64 bits per heavy atom. The molecule has 1 aliphatic carbocycles. The molecule has 0 N–H and O–H groups in total. The van der Waals surface area contributed by atoms with E-state index in [9.17, 15) is 14.0 Å². The lowest BCUT2D eigenvalue weighted by atomic mass is 9.73. The summed E-state index contributed by atoms with van der Waals surface area (Å²) in [5, 5.41) is 4.28. The van der Waals surface area contributed by atoms with Crippen LogP contribution in [0.3, 0.4) is 0 Å². The molecule has 5 rings (SSSR count). The molecule has 3 heterocycles. The van der Waals surface area contributed by atoms with Crippen LogP contribution in [0.15, 0.2) is 48.8 Å². The van der Waals surface area contributed by atoms with Gasteiger partial charge in [0.05, 0.1) is 18.3 Å². The van der Waals surface area contributed by atoms with Crippen molar-refractivity contribution in [2.24, 2.45) is 0 Å². The van der Waals surface area contributed by atoms with Crippen LogP contribution in [0.2, 0.25) is 0 Å². The van der Waals surface area contributed by atoms with E-state index < -0.39 is 11.4 Å². The van der Waals surface area contributed by atoms with E-state index in [1.807, 2.05) is 0 Å². The molecule has 0 bridgehead atoms. The van der Waals surface area contributed by atoms with Crippen LogP contribution >= 0.6 is 0 Å². The highest BCUT2D eigenvalue weighted by molar-refractivity contribution is 5.94. The summed E-state index contributed by atoms with van der Waals surface area (Å²) >= 11 is 0. The maximum atomic E-state index is 13.6. The molecular weight excluding hydrogens is 427 g/mol. The summed E-state index contributed by atoms with van der Waals surface area (Å²) in [6, 6.07) is 11.0. The molecule has 9 nitrogen and oxygen atoms in total. The molecule has 33 heavy (non-hydrogen) atoms. The van der Waals surface area contributed by atoms with Gasteiger partial charge in [0.2, 0.25) is 11.7 Å². The number of carbonyl (C=O) groups excluding carboxylic acids is 2. The van der Waals surface area contributed by atoms with E-state index in [2.05, 4.69) is 15.1 Å². The minimum atomic E-state index is -0.436. The lowest BCUT2D eigenvalue weighted by Crippen LogP contribution is -2.67. The van der Waals surface area contributed by atoms with Crippen molar-refractivity contribution in [1.29, 1.82) is 0 Å². The van der Waals surface area contributed by atoms with Gasteiger partial charge in [-0.1, -0.05) is 12.1 Å². The van der Waals surface area contributed by atoms with Crippen LogP contribution in [-0.2, 0) is 0 Å². The highest BCUT2D eigenvalue weighted by Gasteiger charge is 2.50. The molecule has 1 aromatic carbocycles. The number of nitrogens with zero attached hydrogens (tertiary/aromatic N) is 6. The number of rotatable bonds is 4. The van der Waals surface area contributed by atoms with Crippen molar-refractivity contribution in [3.05, 3.63) is 66.1 Å². The molecule has 10 heteroatoms. The molecule has 3 aromatic rings. The van der Waals surface area contributed by atoms with E-state index in [-0.39, 0.29) is 17.6 Å². The maximum absolute atomic E-state index is 13.6. The van der Waals surface area contributed by atoms with Gasteiger partial charge in [0.1, 0.15) is 17.8 Å². The van der Waals surface area contributed by atoms with Gasteiger partial charge >= 0.3 is 0 Å². The number of piperazine rings is 1. The van der Waals surface area contributed by atoms with Crippen LogP contribution in [0.5, 0.6) is 5.88 Å². The first-order chi connectivity index (χ1) is 16.0. The van der Waals surface area contributed by atoms with Gasteiger partial charge in [-0.25, -0.2) is 19.0 Å². The van der Waals surface area contributed by atoms with Gasteiger partial charge in [-0.3, -0.25) is 9.59 Å². The Balaban J connectivity index is 1.34. The van der Waals surface area contributed by atoms with Gasteiger partial charge < -0.3 is 14.5 Å². The molecule has 1 saturated carbocycles. The van der Waals surface area contributed by atoms with Gasteiger partial charge in [-0.15, -0.1) is 5.10 Å². The van der Waals surface area contributed by atoms with E-state index in [1.165, 1.54) is 30.3 Å². The van der Waals surface area contributed by atoms with Gasteiger partial charge in [0.25, 0.3) is 11.8 Å². The number of aromatic nitrogens is 4. The first kappa shape index (κ1) is 21.0. The lowest BCUT2D eigenvalue weighted by molar-refractivity contribution is -0.0311. The van der Waals surface area contributed by atoms with Gasteiger partial charge in [-0.2, -0.15) is 0 Å². The summed E-state index contributed by atoms with van der Waals surface area (Å²) in [5.41, 5.74) is 0.369. The molecule has 2 aliphatic rings. The smallest absolute Gasteiger partial charge is 0.294 e. The fourth-order valence-electron chi connectivity index (χ4n) is 4.52. The summed E-state index contributed by atoms with van der Waals surface area (Å²) in [7, 11) is 1.51. The Labute approximate surface area is 189 Å². The van der Waals surface area contributed by atoms with Crippen molar-refractivity contribution in [2.75, 3.05) is 26.7 Å². The van der Waals surface area contributed by atoms with Crippen LogP contribution in [0.1, 0.15) is 40.4 Å². The molecule has 2 amide bonds. The number of carbonyl (C=O) groups is 2. The number of amides is 2. The van der Waals surface area contributed by atoms with E-state index in [0.717, 1.165) is 19.3 Å². The third-order valence-corrected chi connectivity index (χ3v) is 6.38. The summed E-state index contributed by atoms with van der Waals surface area (Å²) < 4.78 is 20.1. The van der Waals surface area contributed by atoms with Crippen LogP contribution in [0.25, 0.3) is 5.69 Å². The average molecular weight is 450 g/mol. The third-order valence-electron chi connectivity index (χ3n) is 6.38.